The summed E-state index contributed by atoms with van der Waals surface area (Å²) in [5, 5.41) is 2.96. The molecule has 0 aromatic heterocycles. The second-order valence-corrected chi connectivity index (χ2v) is 8.07. The molecule has 6 heteroatoms. The topological polar surface area (TPSA) is 61.9 Å². The molecule has 0 radical (unpaired) electrons. The highest BCUT2D eigenvalue weighted by molar-refractivity contribution is 5.79. The maximum Gasteiger partial charge on any atom is 0.317 e. The van der Waals surface area contributed by atoms with Gasteiger partial charge in [0, 0.05) is 32.7 Å². The van der Waals surface area contributed by atoms with Crippen LogP contribution in [0.2, 0.25) is 0 Å². The van der Waals surface area contributed by atoms with Crippen molar-refractivity contribution in [1.29, 1.82) is 0 Å². The summed E-state index contributed by atoms with van der Waals surface area (Å²) in [5.41, 5.74) is 2.07. The lowest BCUT2D eigenvalue weighted by Crippen LogP contribution is -2.54. The van der Waals surface area contributed by atoms with Crippen molar-refractivity contribution < 1.29 is 14.3 Å². The van der Waals surface area contributed by atoms with Crippen LogP contribution in [0, 0.1) is 12.3 Å². The summed E-state index contributed by atoms with van der Waals surface area (Å²) >= 11 is 0. The summed E-state index contributed by atoms with van der Waals surface area (Å²) < 4.78 is 5.26. The second kappa shape index (κ2) is 8.43. The van der Waals surface area contributed by atoms with Crippen molar-refractivity contribution in [2.24, 2.45) is 5.41 Å². The van der Waals surface area contributed by atoms with E-state index in [1.165, 1.54) is 0 Å². The fourth-order valence-corrected chi connectivity index (χ4v) is 2.95. The molecule has 3 amide bonds. The number of hydrogen-bond acceptors (Lipinski definition) is 3. The van der Waals surface area contributed by atoms with E-state index in [1.54, 1.807) is 12.0 Å². The maximum atomic E-state index is 12.5. The molecule has 144 valence electrons. The maximum absolute atomic E-state index is 12.5. The first-order valence-corrected chi connectivity index (χ1v) is 9.13. The molecule has 0 atom stereocenters. The summed E-state index contributed by atoms with van der Waals surface area (Å²) in [4.78, 5) is 28.4. The van der Waals surface area contributed by atoms with Crippen LogP contribution < -0.4 is 10.1 Å². The average Bonchev–Trinajstić information content (AvgIpc) is 2.59. The van der Waals surface area contributed by atoms with Crippen molar-refractivity contribution in [3.8, 4) is 5.75 Å². The Morgan fingerprint density at radius 2 is 1.73 bits per heavy atom. The molecule has 0 spiro atoms. The van der Waals surface area contributed by atoms with Crippen molar-refractivity contribution in [3.63, 3.8) is 0 Å². The zero-order valence-corrected chi connectivity index (χ0v) is 16.6. The number of piperazine rings is 1. The first-order valence-electron chi connectivity index (χ1n) is 9.13. The van der Waals surface area contributed by atoms with E-state index in [2.05, 4.69) is 26.1 Å². The molecule has 2 rings (SSSR count). The van der Waals surface area contributed by atoms with Crippen LogP contribution in [-0.4, -0.2) is 61.6 Å². The predicted molar refractivity (Wildman–Crippen MR) is 102 cm³/mol. The summed E-state index contributed by atoms with van der Waals surface area (Å²) in [5.74, 6) is 0.931. The Labute approximate surface area is 156 Å². The zero-order chi connectivity index (χ0) is 19.3. The smallest absolute Gasteiger partial charge is 0.317 e. The van der Waals surface area contributed by atoms with Crippen LogP contribution in [0.1, 0.15) is 31.9 Å². The first-order chi connectivity index (χ1) is 12.2. The first kappa shape index (κ1) is 20.1. The van der Waals surface area contributed by atoms with Crippen LogP contribution in [0.15, 0.2) is 18.2 Å². The van der Waals surface area contributed by atoms with E-state index in [0.29, 0.717) is 39.1 Å². The molecule has 1 aliphatic rings. The number of hydrogen-bond donors (Lipinski definition) is 1. The normalized spacial score (nSPS) is 15.0. The number of carbonyl (C=O) groups is 2. The van der Waals surface area contributed by atoms with Gasteiger partial charge in [-0.2, -0.15) is 0 Å². The molecule has 1 aliphatic heterocycles. The third-order valence-electron chi connectivity index (χ3n) is 4.50. The Bertz CT molecular complexity index is 644. The number of benzene rings is 1. The molecule has 6 nitrogen and oxygen atoms in total. The molecule has 0 unspecified atom stereocenters. The molecule has 1 aromatic carbocycles. The standard InChI is InChI=1S/C20H31N3O3/c1-15-12-16(6-7-17(15)26-5)13-18(24)22-8-10-23(11-9-22)19(25)21-14-20(2,3)4/h6-7,12H,8-11,13-14H2,1-5H3,(H,21,25). The van der Waals surface area contributed by atoms with Crippen LogP contribution in [0.4, 0.5) is 4.79 Å². The lowest BCUT2D eigenvalue weighted by Gasteiger charge is -2.35. The van der Waals surface area contributed by atoms with E-state index in [0.717, 1.165) is 16.9 Å². The van der Waals surface area contributed by atoms with Crippen LogP contribution >= 0.6 is 0 Å². The van der Waals surface area contributed by atoms with Gasteiger partial charge in [0.05, 0.1) is 13.5 Å². The van der Waals surface area contributed by atoms with Crippen LogP contribution in [0.25, 0.3) is 0 Å². The molecule has 1 N–H and O–H groups in total. The Hall–Kier alpha value is -2.24. The van der Waals surface area contributed by atoms with E-state index in [1.807, 2.05) is 30.0 Å². The molecule has 0 aliphatic carbocycles. The van der Waals surface area contributed by atoms with Crippen LogP contribution in [0.3, 0.4) is 0 Å². The highest BCUT2D eigenvalue weighted by Gasteiger charge is 2.24. The Kier molecular flexibility index (Phi) is 6.51. The number of carbonyl (C=O) groups excluding carboxylic acids is 2. The summed E-state index contributed by atoms with van der Waals surface area (Å²) in [6, 6.07) is 5.78. The summed E-state index contributed by atoms with van der Waals surface area (Å²) in [6.07, 6.45) is 0.376. The van der Waals surface area contributed by atoms with Crippen molar-refractivity contribution in [2.75, 3.05) is 39.8 Å². The largest absolute Gasteiger partial charge is 0.496 e. The molecular weight excluding hydrogens is 330 g/mol. The lowest BCUT2D eigenvalue weighted by molar-refractivity contribution is -0.131. The quantitative estimate of drug-likeness (QED) is 0.896. The minimum absolute atomic E-state index is 0.0437. The zero-order valence-electron chi connectivity index (χ0n) is 16.6. The third-order valence-corrected chi connectivity index (χ3v) is 4.50. The number of nitrogens with one attached hydrogen (secondary N) is 1. The number of urea groups is 1. The van der Waals surface area contributed by atoms with E-state index < -0.39 is 0 Å². The van der Waals surface area contributed by atoms with Crippen molar-refractivity contribution >= 4 is 11.9 Å². The highest BCUT2D eigenvalue weighted by Crippen LogP contribution is 2.19. The van der Waals surface area contributed by atoms with Gasteiger partial charge in [0.25, 0.3) is 0 Å². The van der Waals surface area contributed by atoms with Crippen LogP contribution in [-0.2, 0) is 11.2 Å². The Morgan fingerprint density at radius 3 is 2.27 bits per heavy atom. The number of nitrogens with zero attached hydrogens (tertiary/aromatic N) is 2. The highest BCUT2D eigenvalue weighted by atomic mass is 16.5. The molecule has 1 heterocycles. The van der Waals surface area contributed by atoms with E-state index in [4.69, 9.17) is 4.74 Å². The monoisotopic (exact) mass is 361 g/mol. The number of rotatable bonds is 4. The van der Waals surface area contributed by atoms with Gasteiger partial charge in [-0.05, 0) is 29.5 Å². The van der Waals surface area contributed by atoms with Crippen molar-refractivity contribution in [2.45, 2.75) is 34.1 Å². The Morgan fingerprint density at radius 1 is 1.12 bits per heavy atom. The Balaban J connectivity index is 1.82. The molecule has 26 heavy (non-hydrogen) atoms. The summed E-state index contributed by atoms with van der Waals surface area (Å²) in [7, 11) is 1.64. The number of amides is 3. The summed E-state index contributed by atoms with van der Waals surface area (Å²) in [6.45, 7) is 11.2. The molecular formula is C20H31N3O3. The lowest BCUT2D eigenvalue weighted by atomic mass is 9.97. The molecule has 0 bridgehead atoms. The van der Waals surface area contributed by atoms with Gasteiger partial charge in [-0.15, -0.1) is 0 Å². The minimum atomic E-state index is -0.0437. The average molecular weight is 361 g/mol. The van der Waals surface area contributed by atoms with Crippen molar-refractivity contribution in [3.05, 3.63) is 29.3 Å². The van der Waals surface area contributed by atoms with Gasteiger partial charge in [0.2, 0.25) is 5.91 Å². The van der Waals surface area contributed by atoms with Gasteiger partial charge in [-0.1, -0.05) is 32.9 Å². The number of aryl methyl sites for hydroxylation is 1. The SMILES string of the molecule is COc1ccc(CC(=O)N2CCN(C(=O)NCC(C)(C)C)CC2)cc1C. The van der Waals surface area contributed by atoms with Crippen LogP contribution in [0.5, 0.6) is 5.75 Å². The fourth-order valence-electron chi connectivity index (χ4n) is 2.95. The second-order valence-electron chi connectivity index (χ2n) is 8.07. The van der Waals surface area contributed by atoms with E-state index >= 15 is 0 Å². The molecule has 1 aromatic rings. The molecule has 1 fully saturated rings. The van der Waals surface area contributed by atoms with Gasteiger partial charge in [-0.3, -0.25) is 4.79 Å². The number of methoxy groups -OCH3 is 1. The van der Waals surface area contributed by atoms with Gasteiger partial charge >= 0.3 is 6.03 Å². The van der Waals surface area contributed by atoms with Crippen molar-refractivity contribution in [1.82, 2.24) is 15.1 Å². The fraction of sp³-hybridized carbons (Fsp3) is 0.600. The predicted octanol–water partition coefficient (Wildman–Crippen LogP) is 2.45. The van der Waals surface area contributed by atoms with E-state index in [-0.39, 0.29) is 17.4 Å². The van der Waals surface area contributed by atoms with Gasteiger partial charge < -0.3 is 19.9 Å². The number of ether oxygens (including phenoxy) is 1. The molecule has 1 saturated heterocycles. The third kappa shape index (κ3) is 5.64. The van der Waals surface area contributed by atoms with Gasteiger partial charge in [0.1, 0.15) is 5.75 Å². The van der Waals surface area contributed by atoms with E-state index in [9.17, 15) is 9.59 Å². The minimum Gasteiger partial charge on any atom is -0.496 e. The van der Waals surface area contributed by atoms with Gasteiger partial charge in [-0.25, -0.2) is 4.79 Å². The van der Waals surface area contributed by atoms with Gasteiger partial charge in [0.15, 0.2) is 0 Å². The molecule has 0 saturated carbocycles.